The normalized spacial score (nSPS) is 28.5. The number of hydrogen-bond acceptors (Lipinski definition) is 2. The van der Waals surface area contributed by atoms with Crippen LogP contribution in [0, 0.1) is 11.8 Å². The molecular weight excluding hydrogens is 270 g/mol. The van der Waals surface area contributed by atoms with Crippen molar-refractivity contribution in [2.24, 2.45) is 11.8 Å². The highest BCUT2D eigenvalue weighted by Gasteiger charge is 2.38. The molecule has 5 rings (SSSR count). The van der Waals surface area contributed by atoms with Crippen LogP contribution in [0.5, 0.6) is 0 Å². The van der Waals surface area contributed by atoms with Gasteiger partial charge in [-0.25, -0.2) is 0 Å². The Morgan fingerprint density at radius 1 is 0.909 bits per heavy atom. The molecule has 0 unspecified atom stereocenters. The van der Waals surface area contributed by atoms with E-state index in [1.54, 1.807) is 0 Å². The molecule has 2 atom stereocenters. The maximum absolute atomic E-state index is 11.1. The van der Waals surface area contributed by atoms with Crippen LogP contribution in [0.4, 0.5) is 0 Å². The van der Waals surface area contributed by atoms with E-state index in [1.165, 1.54) is 37.1 Å². The Morgan fingerprint density at radius 3 is 2.27 bits per heavy atom. The first kappa shape index (κ1) is 14.0. The van der Waals surface area contributed by atoms with E-state index in [4.69, 9.17) is 0 Å². The first-order valence-electron chi connectivity index (χ1n) is 8.38. The van der Waals surface area contributed by atoms with Gasteiger partial charge in [-0.05, 0) is 48.5 Å². The third-order valence-corrected chi connectivity index (χ3v) is 5.48. The topological polar surface area (TPSA) is 23.5 Å². The minimum Gasteiger partial charge on any atom is -0.388 e. The van der Waals surface area contributed by atoms with E-state index >= 15 is 0 Å². The monoisotopic (exact) mass is 293 g/mol. The van der Waals surface area contributed by atoms with Gasteiger partial charge in [-0.2, -0.15) is 0 Å². The predicted molar refractivity (Wildman–Crippen MR) is 89.5 cm³/mol. The molecular formula is C20H23NO. The van der Waals surface area contributed by atoms with Crippen LogP contribution in [0.2, 0.25) is 0 Å². The molecule has 0 aliphatic carbocycles. The summed E-state index contributed by atoms with van der Waals surface area (Å²) in [5.41, 5.74) is 3.46. The van der Waals surface area contributed by atoms with E-state index in [0.717, 1.165) is 12.1 Å². The summed E-state index contributed by atoms with van der Waals surface area (Å²) in [5.74, 6) is 1.07. The summed E-state index contributed by atoms with van der Waals surface area (Å²) in [6.07, 6.45) is 2.13. The van der Waals surface area contributed by atoms with E-state index in [2.05, 4.69) is 47.4 Å². The molecule has 22 heavy (non-hydrogen) atoms. The number of aliphatic hydroxyl groups excluding tert-OH is 1. The van der Waals surface area contributed by atoms with E-state index in [1.807, 2.05) is 12.1 Å². The molecule has 2 bridgehead atoms. The standard InChI is InChI=1S/C20H23NO/c22-20(19-14-21-12-10-16(19)11-13-21)18-9-5-4-8-17(18)15-6-2-1-3-7-15/h1-9,16,19-20,22H,10-14H2/t19-,20-/m1/s1. The summed E-state index contributed by atoms with van der Waals surface area (Å²) >= 11 is 0. The van der Waals surface area contributed by atoms with Gasteiger partial charge in [-0.3, -0.25) is 0 Å². The van der Waals surface area contributed by atoms with Crippen molar-refractivity contribution in [3.63, 3.8) is 0 Å². The summed E-state index contributed by atoms with van der Waals surface area (Å²) in [4.78, 5) is 2.51. The van der Waals surface area contributed by atoms with Crippen molar-refractivity contribution in [2.45, 2.75) is 18.9 Å². The van der Waals surface area contributed by atoms with Gasteiger partial charge in [0, 0.05) is 12.5 Å². The predicted octanol–water partition coefficient (Wildman–Crippen LogP) is 3.73. The van der Waals surface area contributed by atoms with Crippen molar-refractivity contribution in [1.82, 2.24) is 4.90 Å². The molecule has 0 saturated carbocycles. The van der Waals surface area contributed by atoms with E-state index < -0.39 is 0 Å². The fourth-order valence-electron chi connectivity index (χ4n) is 4.23. The SMILES string of the molecule is O[C@H](c1ccccc1-c1ccccc1)[C@@H]1CN2CCC1CC2. The van der Waals surface area contributed by atoms with E-state index in [-0.39, 0.29) is 6.10 Å². The Morgan fingerprint density at radius 2 is 1.59 bits per heavy atom. The fourth-order valence-corrected chi connectivity index (χ4v) is 4.23. The lowest BCUT2D eigenvalue weighted by molar-refractivity contribution is -0.0261. The Kier molecular flexibility index (Phi) is 3.73. The van der Waals surface area contributed by atoms with Crippen LogP contribution in [0.3, 0.4) is 0 Å². The summed E-state index contributed by atoms with van der Waals surface area (Å²) < 4.78 is 0. The summed E-state index contributed by atoms with van der Waals surface area (Å²) in [5, 5.41) is 11.1. The van der Waals surface area contributed by atoms with Crippen LogP contribution in [-0.4, -0.2) is 29.6 Å². The van der Waals surface area contributed by atoms with Crippen LogP contribution in [-0.2, 0) is 0 Å². The number of aliphatic hydroxyl groups is 1. The molecule has 3 fully saturated rings. The maximum atomic E-state index is 11.1. The lowest BCUT2D eigenvalue weighted by Crippen LogP contribution is -2.49. The molecule has 3 saturated heterocycles. The summed E-state index contributed by atoms with van der Waals surface area (Å²) in [6.45, 7) is 3.48. The highest BCUT2D eigenvalue weighted by atomic mass is 16.3. The molecule has 0 amide bonds. The van der Waals surface area contributed by atoms with Gasteiger partial charge in [-0.1, -0.05) is 54.6 Å². The Balaban J connectivity index is 1.68. The van der Waals surface area contributed by atoms with Crippen molar-refractivity contribution in [1.29, 1.82) is 0 Å². The first-order chi connectivity index (χ1) is 10.8. The number of hydrogen-bond donors (Lipinski definition) is 1. The van der Waals surface area contributed by atoms with Crippen molar-refractivity contribution in [3.05, 3.63) is 60.2 Å². The number of benzene rings is 2. The zero-order valence-corrected chi connectivity index (χ0v) is 12.9. The molecule has 3 heterocycles. The van der Waals surface area contributed by atoms with Crippen LogP contribution < -0.4 is 0 Å². The lowest BCUT2D eigenvalue weighted by Gasteiger charge is -2.46. The van der Waals surface area contributed by atoms with Crippen molar-refractivity contribution in [3.8, 4) is 11.1 Å². The Labute approximate surface area is 132 Å². The number of fused-ring (bicyclic) bond motifs is 3. The first-order valence-corrected chi connectivity index (χ1v) is 8.38. The molecule has 2 aromatic carbocycles. The highest BCUT2D eigenvalue weighted by molar-refractivity contribution is 5.67. The number of rotatable bonds is 3. The zero-order valence-electron chi connectivity index (χ0n) is 12.9. The van der Waals surface area contributed by atoms with Crippen LogP contribution in [0.1, 0.15) is 24.5 Å². The van der Waals surface area contributed by atoms with Crippen molar-refractivity contribution < 1.29 is 5.11 Å². The Bertz CT molecular complexity index is 631. The second-order valence-corrected chi connectivity index (χ2v) is 6.70. The third-order valence-electron chi connectivity index (χ3n) is 5.48. The van der Waals surface area contributed by atoms with Gasteiger partial charge < -0.3 is 10.0 Å². The number of nitrogens with zero attached hydrogens (tertiary/aromatic N) is 1. The van der Waals surface area contributed by atoms with Crippen LogP contribution in [0.25, 0.3) is 11.1 Å². The molecule has 2 aromatic rings. The smallest absolute Gasteiger partial charge is 0.0839 e. The lowest BCUT2D eigenvalue weighted by atomic mass is 9.74. The van der Waals surface area contributed by atoms with Crippen molar-refractivity contribution in [2.75, 3.05) is 19.6 Å². The quantitative estimate of drug-likeness (QED) is 0.932. The highest BCUT2D eigenvalue weighted by Crippen LogP contribution is 2.41. The minimum absolute atomic E-state index is 0.357. The molecule has 114 valence electrons. The largest absolute Gasteiger partial charge is 0.388 e. The molecule has 0 spiro atoms. The van der Waals surface area contributed by atoms with Gasteiger partial charge in [-0.15, -0.1) is 0 Å². The van der Waals surface area contributed by atoms with Gasteiger partial charge in [0.1, 0.15) is 0 Å². The van der Waals surface area contributed by atoms with E-state index in [0.29, 0.717) is 11.8 Å². The zero-order chi connectivity index (χ0) is 14.9. The molecule has 3 aliphatic rings. The molecule has 1 N–H and O–H groups in total. The fraction of sp³-hybridized carbons (Fsp3) is 0.400. The van der Waals surface area contributed by atoms with E-state index in [9.17, 15) is 5.11 Å². The van der Waals surface area contributed by atoms with Crippen molar-refractivity contribution >= 4 is 0 Å². The average Bonchev–Trinajstić information content (AvgIpc) is 2.63. The van der Waals surface area contributed by atoms with Gasteiger partial charge in [0.05, 0.1) is 6.10 Å². The van der Waals surface area contributed by atoms with Gasteiger partial charge >= 0.3 is 0 Å². The second-order valence-electron chi connectivity index (χ2n) is 6.70. The van der Waals surface area contributed by atoms with Crippen LogP contribution in [0.15, 0.2) is 54.6 Å². The van der Waals surface area contributed by atoms with Crippen LogP contribution >= 0.6 is 0 Å². The minimum atomic E-state index is -0.357. The maximum Gasteiger partial charge on any atom is 0.0839 e. The number of piperidine rings is 3. The van der Waals surface area contributed by atoms with Gasteiger partial charge in [0.15, 0.2) is 0 Å². The summed E-state index contributed by atoms with van der Waals surface area (Å²) in [7, 11) is 0. The van der Waals surface area contributed by atoms with Gasteiger partial charge in [0.2, 0.25) is 0 Å². The molecule has 0 aromatic heterocycles. The molecule has 2 heteroatoms. The second kappa shape index (κ2) is 5.86. The molecule has 2 nitrogen and oxygen atoms in total. The molecule has 3 aliphatic heterocycles. The Hall–Kier alpha value is -1.64. The molecule has 0 radical (unpaired) electrons. The van der Waals surface area contributed by atoms with Gasteiger partial charge in [0.25, 0.3) is 0 Å². The third kappa shape index (κ3) is 2.47. The summed E-state index contributed by atoms with van der Waals surface area (Å²) in [6, 6.07) is 18.8. The average molecular weight is 293 g/mol.